The third-order valence-corrected chi connectivity index (χ3v) is 3.16. The molecule has 0 aromatic carbocycles. The largest absolute Gasteiger partial charge is 0.377 e. The second kappa shape index (κ2) is 4.17. The lowest BCUT2D eigenvalue weighted by Crippen LogP contribution is -2.35. The van der Waals surface area contributed by atoms with Crippen LogP contribution in [-0.4, -0.2) is 23.7 Å². The Hall–Kier alpha value is -0.450. The molecule has 1 aromatic rings. The lowest BCUT2D eigenvalue weighted by molar-refractivity contribution is 0.0902. The van der Waals surface area contributed by atoms with E-state index in [1.807, 2.05) is 11.7 Å². The van der Waals surface area contributed by atoms with Gasteiger partial charge in [0, 0.05) is 30.1 Å². The first-order valence-corrected chi connectivity index (χ1v) is 5.49. The molecule has 0 amide bonds. The molecule has 1 fully saturated rings. The molecule has 2 unspecified atom stereocenters. The zero-order chi connectivity index (χ0) is 9.10. The van der Waals surface area contributed by atoms with Gasteiger partial charge in [0.05, 0.1) is 11.6 Å². The van der Waals surface area contributed by atoms with Crippen molar-refractivity contribution >= 4 is 11.3 Å². The van der Waals surface area contributed by atoms with E-state index in [1.165, 1.54) is 4.88 Å². The molecule has 1 aliphatic rings. The van der Waals surface area contributed by atoms with E-state index in [9.17, 15) is 0 Å². The van der Waals surface area contributed by atoms with Crippen molar-refractivity contribution in [3.8, 4) is 0 Å². The number of hydrogen-bond acceptors (Lipinski definition) is 4. The Morgan fingerprint density at radius 3 is 3.31 bits per heavy atom. The summed E-state index contributed by atoms with van der Waals surface area (Å²) < 4.78 is 5.52. The highest BCUT2D eigenvalue weighted by Gasteiger charge is 2.23. The predicted molar refractivity (Wildman–Crippen MR) is 52.8 cm³/mol. The van der Waals surface area contributed by atoms with Crippen LogP contribution in [0.1, 0.15) is 17.7 Å². The van der Waals surface area contributed by atoms with Gasteiger partial charge >= 0.3 is 0 Å². The minimum absolute atomic E-state index is 0.142. The zero-order valence-electron chi connectivity index (χ0n) is 7.48. The summed E-state index contributed by atoms with van der Waals surface area (Å²) in [5.74, 6) is 0. The Balaban J connectivity index is 1.87. The van der Waals surface area contributed by atoms with Crippen molar-refractivity contribution in [3.05, 3.63) is 16.6 Å². The fourth-order valence-electron chi connectivity index (χ4n) is 1.65. The quantitative estimate of drug-likeness (QED) is 0.793. The fraction of sp³-hybridized carbons (Fsp3) is 0.667. The number of nitrogens with zero attached hydrogens (tertiary/aromatic N) is 1. The van der Waals surface area contributed by atoms with E-state index in [1.54, 1.807) is 11.3 Å². The van der Waals surface area contributed by atoms with Gasteiger partial charge in [0.15, 0.2) is 0 Å². The molecule has 0 aliphatic carbocycles. The Morgan fingerprint density at radius 1 is 1.77 bits per heavy atom. The van der Waals surface area contributed by atoms with Crippen LogP contribution in [0.5, 0.6) is 0 Å². The highest BCUT2D eigenvalue weighted by Crippen LogP contribution is 2.18. The summed E-state index contributed by atoms with van der Waals surface area (Å²) in [5, 5.41) is 0. The number of aromatic nitrogens is 1. The van der Waals surface area contributed by atoms with E-state index in [-0.39, 0.29) is 12.1 Å². The van der Waals surface area contributed by atoms with Gasteiger partial charge in [-0.25, -0.2) is 0 Å². The maximum atomic E-state index is 6.02. The summed E-state index contributed by atoms with van der Waals surface area (Å²) in [6, 6.07) is 0.142. The van der Waals surface area contributed by atoms with E-state index < -0.39 is 0 Å². The van der Waals surface area contributed by atoms with Gasteiger partial charge < -0.3 is 10.5 Å². The number of ether oxygens (including phenoxy) is 1. The van der Waals surface area contributed by atoms with Crippen molar-refractivity contribution < 1.29 is 4.74 Å². The summed E-state index contributed by atoms with van der Waals surface area (Å²) in [4.78, 5) is 5.28. The van der Waals surface area contributed by atoms with Gasteiger partial charge in [-0.2, -0.15) is 0 Å². The first-order chi connectivity index (χ1) is 6.36. The summed E-state index contributed by atoms with van der Waals surface area (Å²) in [7, 11) is 0. The van der Waals surface area contributed by atoms with E-state index in [0.717, 1.165) is 25.9 Å². The van der Waals surface area contributed by atoms with Crippen molar-refractivity contribution in [3.63, 3.8) is 0 Å². The van der Waals surface area contributed by atoms with E-state index in [2.05, 4.69) is 4.98 Å². The molecule has 2 heterocycles. The second-order valence-corrected chi connectivity index (χ2v) is 4.36. The normalized spacial score (nSPS) is 24.8. The molecule has 1 aromatic heterocycles. The number of thiazole rings is 1. The third-order valence-electron chi connectivity index (χ3n) is 2.36. The number of rotatable bonds is 3. The molecule has 1 saturated heterocycles. The van der Waals surface area contributed by atoms with Crippen molar-refractivity contribution in [2.24, 2.45) is 5.73 Å². The number of nitrogens with two attached hydrogens (primary N) is 1. The lowest BCUT2D eigenvalue weighted by atomic mass is 10.1. The molecular formula is C9H14N2OS. The standard InChI is InChI=1S/C9H14N2OS/c10-8(9-2-1-3-12-9)4-7-5-11-6-13-7/h5-6,8-9H,1-4,10H2. The van der Waals surface area contributed by atoms with E-state index in [0.29, 0.717) is 0 Å². The highest BCUT2D eigenvalue weighted by atomic mass is 32.1. The van der Waals surface area contributed by atoms with Gasteiger partial charge in [0.25, 0.3) is 0 Å². The van der Waals surface area contributed by atoms with Crippen LogP contribution >= 0.6 is 11.3 Å². The van der Waals surface area contributed by atoms with E-state index in [4.69, 9.17) is 10.5 Å². The molecule has 0 bridgehead atoms. The molecule has 1 aliphatic heterocycles. The summed E-state index contributed by atoms with van der Waals surface area (Å²) in [6.07, 6.45) is 5.32. The van der Waals surface area contributed by atoms with E-state index >= 15 is 0 Å². The van der Waals surface area contributed by atoms with Crippen molar-refractivity contribution in [2.45, 2.75) is 31.4 Å². The SMILES string of the molecule is NC(Cc1cncs1)C1CCCO1. The van der Waals surface area contributed by atoms with Crippen molar-refractivity contribution in [1.82, 2.24) is 4.98 Å². The molecule has 0 saturated carbocycles. The summed E-state index contributed by atoms with van der Waals surface area (Å²) in [5.41, 5.74) is 7.87. The zero-order valence-corrected chi connectivity index (χ0v) is 8.30. The lowest BCUT2D eigenvalue weighted by Gasteiger charge is -2.17. The molecule has 13 heavy (non-hydrogen) atoms. The maximum Gasteiger partial charge on any atom is 0.0794 e. The molecule has 0 radical (unpaired) electrons. The minimum atomic E-state index is 0.142. The number of hydrogen-bond donors (Lipinski definition) is 1. The van der Waals surface area contributed by atoms with Crippen LogP contribution in [0.4, 0.5) is 0 Å². The molecule has 0 spiro atoms. The summed E-state index contributed by atoms with van der Waals surface area (Å²) >= 11 is 1.66. The first kappa shape index (κ1) is 9.12. The minimum Gasteiger partial charge on any atom is -0.377 e. The van der Waals surface area contributed by atoms with Crippen LogP contribution in [0.25, 0.3) is 0 Å². The Bertz CT molecular complexity index is 244. The maximum absolute atomic E-state index is 6.02. The molecule has 4 heteroatoms. The summed E-state index contributed by atoms with van der Waals surface area (Å²) in [6.45, 7) is 0.876. The van der Waals surface area contributed by atoms with Crippen LogP contribution in [0.3, 0.4) is 0 Å². The van der Waals surface area contributed by atoms with Crippen LogP contribution in [0.2, 0.25) is 0 Å². The molecular weight excluding hydrogens is 184 g/mol. The third kappa shape index (κ3) is 2.27. The Kier molecular flexibility index (Phi) is 2.93. The van der Waals surface area contributed by atoms with Crippen LogP contribution in [0.15, 0.2) is 11.7 Å². The Labute approximate surface area is 81.9 Å². The van der Waals surface area contributed by atoms with Gasteiger partial charge in [0.2, 0.25) is 0 Å². The second-order valence-electron chi connectivity index (χ2n) is 3.39. The van der Waals surface area contributed by atoms with Crippen molar-refractivity contribution in [1.29, 1.82) is 0 Å². The molecule has 3 nitrogen and oxygen atoms in total. The van der Waals surface area contributed by atoms with Gasteiger partial charge in [-0.3, -0.25) is 4.98 Å². The smallest absolute Gasteiger partial charge is 0.0794 e. The Morgan fingerprint density at radius 2 is 2.69 bits per heavy atom. The molecule has 2 N–H and O–H groups in total. The average molecular weight is 198 g/mol. The van der Waals surface area contributed by atoms with Gasteiger partial charge in [-0.05, 0) is 12.8 Å². The van der Waals surface area contributed by atoms with Gasteiger partial charge in [-0.15, -0.1) is 11.3 Å². The van der Waals surface area contributed by atoms with Crippen molar-refractivity contribution in [2.75, 3.05) is 6.61 Å². The van der Waals surface area contributed by atoms with Gasteiger partial charge in [-0.1, -0.05) is 0 Å². The van der Waals surface area contributed by atoms with Crippen LogP contribution < -0.4 is 5.73 Å². The van der Waals surface area contributed by atoms with Crippen LogP contribution in [0, 0.1) is 0 Å². The molecule has 72 valence electrons. The average Bonchev–Trinajstić information content (AvgIpc) is 2.74. The monoisotopic (exact) mass is 198 g/mol. The molecule has 2 rings (SSSR count). The van der Waals surface area contributed by atoms with Crippen LogP contribution in [-0.2, 0) is 11.2 Å². The first-order valence-electron chi connectivity index (χ1n) is 4.61. The predicted octanol–water partition coefficient (Wildman–Crippen LogP) is 1.19. The topological polar surface area (TPSA) is 48.1 Å². The highest BCUT2D eigenvalue weighted by molar-refractivity contribution is 7.09. The van der Waals surface area contributed by atoms with Gasteiger partial charge in [0.1, 0.15) is 0 Å². The fourth-order valence-corrected chi connectivity index (χ4v) is 2.31. The molecule has 2 atom stereocenters.